The molecule has 1 fully saturated rings. The zero-order valence-electron chi connectivity index (χ0n) is 19.0. The Morgan fingerprint density at radius 2 is 1.67 bits per heavy atom. The Kier molecular flexibility index (Phi) is 7.44. The Morgan fingerprint density at radius 3 is 2.27 bits per heavy atom. The van der Waals surface area contributed by atoms with E-state index in [0.29, 0.717) is 30.1 Å². The highest BCUT2D eigenvalue weighted by Crippen LogP contribution is 2.43. The van der Waals surface area contributed by atoms with Crippen molar-refractivity contribution in [3.05, 3.63) is 53.1 Å². The number of aliphatic hydroxyl groups is 1. The number of hydrogen-bond donors (Lipinski definition) is 2. The topological polar surface area (TPSA) is 115 Å². The van der Waals surface area contributed by atoms with E-state index in [1.165, 1.54) is 44.4 Å². The van der Waals surface area contributed by atoms with E-state index in [2.05, 4.69) is 0 Å². The predicted octanol–water partition coefficient (Wildman–Crippen LogP) is 2.88. The monoisotopic (exact) mass is 457 g/mol. The van der Waals surface area contributed by atoms with E-state index >= 15 is 0 Å². The molecule has 1 amide bonds. The molecule has 1 atom stereocenters. The quantitative estimate of drug-likeness (QED) is 0.256. The SMILES string of the molecule is COCCCN1C(=O)C(=O)/C(=C(/O)c2cc(OC)ccc2OC)C1c1ccc(OC)c(O)c1. The van der Waals surface area contributed by atoms with Crippen LogP contribution in [-0.4, -0.2) is 68.4 Å². The normalized spacial score (nSPS) is 17.3. The molecule has 2 N–H and O–H groups in total. The number of nitrogens with zero attached hydrogens (tertiary/aromatic N) is 1. The molecule has 176 valence electrons. The highest BCUT2D eigenvalue weighted by molar-refractivity contribution is 6.46. The highest BCUT2D eigenvalue weighted by Gasteiger charge is 2.46. The number of rotatable bonds is 9. The molecule has 0 radical (unpaired) electrons. The average Bonchev–Trinajstić information content (AvgIpc) is 3.08. The molecule has 0 bridgehead atoms. The van der Waals surface area contributed by atoms with Gasteiger partial charge in [0.2, 0.25) is 0 Å². The van der Waals surface area contributed by atoms with Crippen molar-refractivity contribution in [3.8, 4) is 23.0 Å². The van der Waals surface area contributed by atoms with E-state index < -0.39 is 23.5 Å². The zero-order valence-corrected chi connectivity index (χ0v) is 19.0. The number of likely N-dealkylation sites (tertiary alicyclic amines) is 1. The molecule has 1 aliphatic heterocycles. The van der Waals surface area contributed by atoms with Gasteiger partial charge in [0.15, 0.2) is 11.5 Å². The smallest absolute Gasteiger partial charge is 0.295 e. The number of ketones is 1. The maximum Gasteiger partial charge on any atom is 0.295 e. The minimum atomic E-state index is -0.936. The number of phenolic OH excluding ortho intramolecular Hbond substituents is 1. The van der Waals surface area contributed by atoms with Crippen molar-refractivity contribution in [1.29, 1.82) is 0 Å². The number of methoxy groups -OCH3 is 4. The van der Waals surface area contributed by atoms with Crippen molar-refractivity contribution >= 4 is 17.4 Å². The van der Waals surface area contributed by atoms with Crippen molar-refractivity contribution in [2.24, 2.45) is 0 Å². The van der Waals surface area contributed by atoms with E-state index in [9.17, 15) is 19.8 Å². The molecule has 9 nitrogen and oxygen atoms in total. The number of aliphatic hydroxyl groups excluding tert-OH is 1. The number of aromatic hydroxyl groups is 1. The molecule has 0 aromatic heterocycles. The number of Topliss-reactive ketones (excluding diaryl/α,β-unsaturated/α-hetero) is 1. The van der Waals surface area contributed by atoms with Gasteiger partial charge in [-0.15, -0.1) is 0 Å². The highest BCUT2D eigenvalue weighted by atomic mass is 16.5. The van der Waals surface area contributed by atoms with Crippen LogP contribution < -0.4 is 14.2 Å². The fourth-order valence-corrected chi connectivity index (χ4v) is 3.86. The largest absolute Gasteiger partial charge is 0.507 e. The van der Waals surface area contributed by atoms with Crippen LogP contribution in [0.4, 0.5) is 0 Å². The fourth-order valence-electron chi connectivity index (χ4n) is 3.86. The number of carbonyl (C=O) groups excluding carboxylic acids is 2. The number of phenols is 1. The number of ether oxygens (including phenoxy) is 4. The van der Waals surface area contributed by atoms with Crippen LogP contribution in [0.2, 0.25) is 0 Å². The second kappa shape index (κ2) is 10.3. The van der Waals surface area contributed by atoms with Gasteiger partial charge in [0, 0.05) is 20.3 Å². The van der Waals surface area contributed by atoms with Crippen LogP contribution in [0, 0.1) is 0 Å². The molecule has 0 aliphatic carbocycles. The second-order valence-electron chi connectivity index (χ2n) is 7.34. The number of carbonyl (C=O) groups is 2. The van der Waals surface area contributed by atoms with Crippen LogP contribution in [0.15, 0.2) is 42.0 Å². The van der Waals surface area contributed by atoms with E-state index in [0.717, 1.165) is 0 Å². The van der Waals surface area contributed by atoms with Gasteiger partial charge < -0.3 is 34.1 Å². The van der Waals surface area contributed by atoms with E-state index in [1.54, 1.807) is 25.3 Å². The van der Waals surface area contributed by atoms with Gasteiger partial charge in [0.05, 0.1) is 38.5 Å². The standard InChI is InChI=1S/C24H27NO8/c1-30-11-5-10-25-21(14-6-8-19(33-4)17(26)12-14)20(23(28)24(25)29)22(27)16-13-15(31-2)7-9-18(16)32-3/h6-9,12-13,21,26-27H,5,10-11H2,1-4H3/b22-20+. The third kappa shape index (κ3) is 4.58. The van der Waals surface area contributed by atoms with Gasteiger partial charge >= 0.3 is 0 Å². The number of hydrogen-bond acceptors (Lipinski definition) is 8. The first kappa shape index (κ1) is 23.9. The first-order chi connectivity index (χ1) is 15.9. The third-order valence-corrected chi connectivity index (χ3v) is 5.47. The molecule has 1 aliphatic rings. The minimum absolute atomic E-state index is 0.117. The molecular formula is C24H27NO8. The lowest BCUT2D eigenvalue weighted by Gasteiger charge is -2.25. The molecule has 33 heavy (non-hydrogen) atoms. The van der Waals surface area contributed by atoms with Gasteiger partial charge in [0.1, 0.15) is 17.3 Å². The Hall–Kier alpha value is -3.72. The lowest BCUT2D eigenvalue weighted by molar-refractivity contribution is -0.140. The summed E-state index contributed by atoms with van der Waals surface area (Å²) in [6.45, 7) is 0.592. The van der Waals surface area contributed by atoms with Crippen molar-refractivity contribution in [2.75, 3.05) is 41.6 Å². The summed E-state index contributed by atoms with van der Waals surface area (Å²) in [6, 6.07) is 8.41. The summed E-state index contributed by atoms with van der Waals surface area (Å²) < 4.78 is 20.8. The lowest BCUT2D eigenvalue weighted by Crippen LogP contribution is -2.31. The first-order valence-corrected chi connectivity index (χ1v) is 10.2. The van der Waals surface area contributed by atoms with E-state index in [1.807, 2.05) is 0 Å². The molecule has 2 aromatic rings. The predicted molar refractivity (Wildman–Crippen MR) is 120 cm³/mol. The number of benzene rings is 2. The average molecular weight is 457 g/mol. The van der Waals surface area contributed by atoms with Gasteiger partial charge in [-0.05, 0) is 42.3 Å². The molecule has 3 rings (SSSR count). The maximum atomic E-state index is 13.1. The zero-order chi connectivity index (χ0) is 24.1. The van der Waals surface area contributed by atoms with Gasteiger partial charge in [-0.2, -0.15) is 0 Å². The number of amides is 1. The van der Waals surface area contributed by atoms with E-state index in [4.69, 9.17) is 18.9 Å². The Labute approximate surface area is 191 Å². The Bertz CT molecular complexity index is 1080. The Balaban J connectivity index is 2.21. The van der Waals surface area contributed by atoms with Crippen molar-refractivity contribution in [3.63, 3.8) is 0 Å². The van der Waals surface area contributed by atoms with Crippen LogP contribution in [0.25, 0.3) is 5.76 Å². The molecular weight excluding hydrogens is 430 g/mol. The summed E-state index contributed by atoms with van der Waals surface area (Å²) in [5.74, 6) is -1.18. The van der Waals surface area contributed by atoms with Crippen molar-refractivity contribution < 1.29 is 38.7 Å². The Morgan fingerprint density at radius 1 is 0.970 bits per heavy atom. The lowest BCUT2D eigenvalue weighted by atomic mass is 9.94. The van der Waals surface area contributed by atoms with Gasteiger partial charge in [-0.25, -0.2) is 0 Å². The summed E-state index contributed by atoms with van der Waals surface area (Å²) in [4.78, 5) is 27.4. The van der Waals surface area contributed by atoms with Gasteiger partial charge in [-0.1, -0.05) is 6.07 Å². The third-order valence-electron chi connectivity index (χ3n) is 5.47. The van der Waals surface area contributed by atoms with Gasteiger partial charge in [0.25, 0.3) is 11.7 Å². The summed E-state index contributed by atoms with van der Waals surface area (Å²) in [5, 5.41) is 21.6. The van der Waals surface area contributed by atoms with Crippen LogP contribution in [0.1, 0.15) is 23.6 Å². The van der Waals surface area contributed by atoms with Gasteiger partial charge in [-0.3, -0.25) is 9.59 Å². The molecule has 1 saturated heterocycles. The summed E-state index contributed by atoms with van der Waals surface area (Å²) >= 11 is 0. The van der Waals surface area contributed by atoms with Crippen LogP contribution in [0.5, 0.6) is 23.0 Å². The molecule has 2 aromatic carbocycles. The van der Waals surface area contributed by atoms with Crippen molar-refractivity contribution in [1.82, 2.24) is 4.90 Å². The maximum absolute atomic E-state index is 13.1. The summed E-state index contributed by atoms with van der Waals surface area (Å²) in [7, 11) is 5.87. The molecule has 0 spiro atoms. The van der Waals surface area contributed by atoms with Crippen LogP contribution in [-0.2, 0) is 14.3 Å². The summed E-state index contributed by atoms with van der Waals surface area (Å²) in [5.41, 5.74) is 0.524. The van der Waals surface area contributed by atoms with Crippen LogP contribution >= 0.6 is 0 Å². The molecule has 1 heterocycles. The van der Waals surface area contributed by atoms with E-state index in [-0.39, 0.29) is 29.2 Å². The molecule has 9 heteroatoms. The molecule has 1 unspecified atom stereocenters. The minimum Gasteiger partial charge on any atom is -0.507 e. The van der Waals surface area contributed by atoms with Crippen LogP contribution in [0.3, 0.4) is 0 Å². The first-order valence-electron chi connectivity index (χ1n) is 10.2. The summed E-state index contributed by atoms with van der Waals surface area (Å²) in [6.07, 6.45) is 0.477. The second-order valence-corrected chi connectivity index (χ2v) is 7.34. The van der Waals surface area contributed by atoms with Crippen molar-refractivity contribution in [2.45, 2.75) is 12.5 Å². The fraction of sp³-hybridized carbons (Fsp3) is 0.333. The molecule has 0 saturated carbocycles.